The van der Waals surface area contributed by atoms with Crippen LogP contribution < -0.4 is 0 Å². The molecule has 48 heavy (non-hydrogen) atoms. The lowest BCUT2D eigenvalue weighted by Crippen LogP contribution is -2.30. The predicted molar refractivity (Wildman–Crippen MR) is 201 cm³/mol. The number of hydrogen-bond donors (Lipinski definition) is 0. The average molecular weight is 681 g/mol. The van der Waals surface area contributed by atoms with E-state index in [1.54, 1.807) is 0 Å². The molecule has 0 aromatic heterocycles. The molecular weight excluding hydrogens is 600 g/mol. The van der Waals surface area contributed by atoms with Gasteiger partial charge in [-0.15, -0.1) is 0 Å². The molecule has 0 saturated heterocycles. The van der Waals surface area contributed by atoms with Gasteiger partial charge in [0.2, 0.25) is 0 Å². The van der Waals surface area contributed by atoms with Crippen molar-refractivity contribution in [3.05, 3.63) is 0 Å². The Kier molecular flexibility index (Phi) is 36.9. The second-order valence-electron chi connectivity index (χ2n) is 14.3. The van der Waals surface area contributed by atoms with Crippen molar-refractivity contribution in [2.24, 2.45) is 0 Å². The molecule has 0 bridgehead atoms. The highest BCUT2D eigenvalue weighted by Gasteiger charge is 2.19. The Hall–Kier alpha value is -1.59. The summed E-state index contributed by atoms with van der Waals surface area (Å²) in [4.78, 5) is 37.4. The van der Waals surface area contributed by atoms with E-state index in [-0.39, 0.29) is 31.1 Å². The fourth-order valence-corrected chi connectivity index (χ4v) is 6.15. The summed E-state index contributed by atoms with van der Waals surface area (Å²) in [6.45, 7) is 6.57. The van der Waals surface area contributed by atoms with Gasteiger partial charge in [0.1, 0.15) is 13.2 Å². The molecule has 0 aromatic rings. The Bertz CT molecular complexity index is 708. The summed E-state index contributed by atoms with van der Waals surface area (Å²) < 4.78 is 16.6. The van der Waals surface area contributed by atoms with Gasteiger partial charge in [0, 0.05) is 19.3 Å². The maximum atomic E-state index is 12.6. The molecule has 0 aliphatic heterocycles. The first kappa shape index (κ1) is 46.4. The summed E-state index contributed by atoms with van der Waals surface area (Å²) in [6, 6.07) is 0. The molecule has 0 aliphatic carbocycles. The van der Waals surface area contributed by atoms with E-state index in [9.17, 15) is 14.4 Å². The molecule has 0 N–H and O–H groups in total. The number of ether oxygens (including phenoxy) is 3. The smallest absolute Gasteiger partial charge is 0.306 e. The van der Waals surface area contributed by atoms with Gasteiger partial charge in [0.15, 0.2) is 6.10 Å². The maximum Gasteiger partial charge on any atom is 0.306 e. The highest BCUT2D eigenvalue weighted by atomic mass is 16.6. The fraction of sp³-hybridized carbons (Fsp3) is 0.929. The minimum atomic E-state index is -0.755. The molecule has 6 heteroatoms. The molecule has 0 spiro atoms. The highest BCUT2D eigenvalue weighted by Crippen LogP contribution is 2.15. The molecule has 0 aliphatic rings. The van der Waals surface area contributed by atoms with Crippen molar-refractivity contribution in [2.45, 2.75) is 239 Å². The number of hydrogen-bond acceptors (Lipinski definition) is 6. The molecule has 6 nitrogen and oxygen atoms in total. The van der Waals surface area contributed by atoms with Crippen LogP contribution in [0.25, 0.3) is 0 Å². The molecule has 1 unspecified atom stereocenters. The van der Waals surface area contributed by atoms with Crippen LogP contribution in [0.15, 0.2) is 0 Å². The predicted octanol–water partition coefficient (Wildman–Crippen LogP) is 12.9. The summed E-state index contributed by atoms with van der Waals surface area (Å²) >= 11 is 0. The van der Waals surface area contributed by atoms with Crippen molar-refractivity contribution in [3.63, 3.8) is 0 Å². The monoisotopic (exact) mass is 681 g/mol. The average Bonchev–Trinajstić information content (AvgIpc) is 3.08. The molecule has 284 valence electrons. The lowest BCUT2D eigenvalue weighted by atomic mass is 10.0. The van der Waals surface area contributed by atoms with E-state index in [1.807, 2.05) is 0 Å². The Balaban J connectivity index is 4.23. The Morgan fingerprint density at radius 1 is 0.333 bits per heavy atom. The van der Waals surface area contributed by atoms with Gasteiger partial charge in [0.25, 0.3) is 0 Å². The molecule has 0 radical (unpaired) electrons. The van der Waals surface area contributed by atoms with Gasteiger partial charge in [-0.05, 0) is 19.3 Å². The zero-order valence-corrected chi connectivity index (χ0v) is 32.3. The molecule has 0 rings (SSSR count). The van der Waals surface area contributed by atoms with Crippen molar-refractivity contribution < 1.29 is 28.6 Å². The number of carbonyl (C=O) groups is 3. The Morgan fingerprint density at radius 2 is 0.562 bits per heavy atom. The van der Waals surface area contributed by atoms with Crippen molar-refractivity contribution in [2.75, 3.05) is 13.2 Å². The third-order valence-corrected chi connectivity index (χ3v) is 9.36. The number of rotatable bonds is 38. The van der Waals surface area contributed by atoms with Crippen LogP contribution in [0.5, 0.6) is 0 Å². The first-order chi connectivity index (χ1) is 23.5. The van der Waals surface area contributed by atoms with E-state index in [4.69, 9.17) is 14.2 Å². The summed E-state index contributed by atoms with van der Waals surface area (Å²) in [5.74, 6) is -0.868. The number of esters is 3. The summed E-state index contributed by atoms with van der Waals surface area (Å²) in [6.07, 6.45) is 36.7. The van der Waals surface area contributed by atoms with Gasteiger partial charge in [-0.25, -0.2) is 0 Å². The van der Waals surface area contributed by atoms with Crippen LogP contribution in [0.1, 0.15) is 233 Å². The first-order valence-corrected chi connectivity index (χ1v) is 21.0. The van der Waals surface area contributed by atoms with Crippen LogP contribution in [0, 0.1) is 0 Å². The van der Waals surface area contributed by atoms with E-state index in [0.29, 0.717) is 19.3 Å². The lowest BCUT2D eigenvalue weighted by molar-refractivity contribution is -0.167. The van der Waals surface area contributed by atoms with Crippen molar-refractivity contribution in [1.29, 1.82) is 0 Å². The second kappa shape index (κ2) is 38.2. The van der Waals surface area contributed by atoms with E-state index >= 15 is 0 Å². The van der Waals surface area contributed by atoms with Gasteiger partial charge in [-0.3, -0.25) is 14.4 Å². The molecule has 0 heterocycles. The molecule has 0 aromatic carbocycles. The van der Waals surface area contributed by atoms with E-state index in [0.717, 1.165) is 57.8 Å². The molecule has 1 atom stereocenters. The van der Waals surface area contributed by atoms with E-state index in [1.165, 1.54) is 135 Å². The van der Waals surface area contributed by atoms with E-state index < -0.39 is 6.10 Å². The highest BCUT2D eigenvalue weighted by molar-refractivity contribution is 5.71. The van der Waals surface area contributed by atoms with Gasteiger partial charge in [0.05, 0.1) is 0 Å². The largest absolute Gasteiger partial charge is 0.462 e. The van der Waals surface area contributed by atoms with E-state index in [2.05, 4.69) is 20.8 Å². The SMILES string of the molecule is CCCCCCCCCCCCCCCCC(=O)OCC(COC(=O)CCCCCCCC)OC(=O)CCCCCCCCCCCC. The van der Waals surface area contributed by atoms with Crippen LogP contribution in [0.3, 0.4) is 0 Å². The minimum Gasteiger partial charge on any atom is -0.462 e. The maximum absolute atomic E-state index is 12.6. The first-order valence-electron chi connectivity index (χ1n) is 21.0. The van der Waals surface area contributed by atoms with Crippen LogP contribution in [-0.2, 0) is 28.6 Å². The number of unbranched alkanes of at least 4 members (excludes halogenated alkanes) is 27. The third-order valence-electron chi connectivity index (χ3n) is 9.36. The van der Waals surface area contributed by atoms with Crippen molar-refractivity contribution in [1.82, 2.24) is 0 Å². The van der Waals surface area contributed by atoms with Crippen LogP contribution >= 0.6 is 0 Å². The van der Waals surface area contributed by atoms with Crippen LogP contribution in [0.4, 0.5) is 0 Å². The number of carbonyl (C=O) groups excluding carboxylic acids is 3. The van der Waals surface area contributed by atoms with Crippen LogP contribution in [-0.4, -0.2) is 37.2 Å². The van der Waals surface area contributed by atoms with Gasteiger partial charge in [-0.1, -0.05) is 194 Å². The molecule has 0 amide bonds. The Morgan fingerprint density at radius 3 is 0.833 bits per heavy atom. The van der Waals surface area contributed by atoms with Crippen LogP contribution in [0.2, 0.25) is 0 Å². The standard InChI is InChI=1S/C42H80O6/c1-4-7-10-13-16-18-20-21-22-23-25-26-29-32-35-41(44)47-38-39(37-46-40(43)34-31-28-15-12-9-6-3)48-42(45)36-33-30-27-24-19-17-14-11-8-5-2/h39H,4-38H2,1-3H3. The summed E-state index contributed by atoms with van der Waals surface area (Å²) in [5.41, 5.74) is 0. The Labute approximate surface area is 298 Å². The van der Waals surface area contributed by atoms with Crippen molar-refractivity contribution >= 4 is 17.9 Å². The van der Waals surface area contributed by atoms with Crippen molar-refractivity contribution in [3.8, 4) is 0 Å². The third kappa shape index (κ3) is 35.7. The van der Waals surface area contributed by atoms with Gasteiger partial charge >= 0.3 is 17.9 Å². The van der Waals surface area contributed by atoms with Gasteiger partial charge in [-0.2, -0.15) is 0 Å². The second-order valence-corrected chi connectivity index (χ2v) is 14.3. The lowest BCUT2D eigenvalue weighted by Gasteiger charge is -2.18. The topological polar surface area (TPSA) is 78.9 Å². The minimum absolute atomic E-state index is 0.0640. The quantitative estimate of drug-likeness (QED) is 0.0367. The molecule has 0 fully saturated rings. The molecule has 0 saturated carbocycles. The normalized spacial score (nSPS) is 11.8. The summed E-state index contributed by atoms with van der Waals surface area (Å²) in [5, 5.41) is 0. The zero-order chi connectivity index (χ0) is 35.2. The summed E-state index contributed by atoms with van der Waals surface area (Å²) in [7, 11) is 0. The zero-order valence-electron chi connectivity index (χ0n) is 32.3. The van der Waals surface area contributed by atoms with Gasteiger partial charge < -0.3 is 14.2 Å². The molecular formula is C42H80O6. The fourth-order valence-electron chi connectivity index (χ4n) is 6.15.